The highest BCUT2D eigenvalue weighted by Gasteiger charge is 2.10. The highest BCUT2D eigenvalue weighted by molar-refractivity contribution is 5.91. The van der Waals surface area contributed by atoms with E-state index in [1.54, 1.807) is 24.3 Å². The normalized spacial score (nSPS) is 9.45. The van der Waals surface area contributed by atoms with Crippen LogP contribution in [0.3, 0.4) is 0 Å². The number of nitrogens with zero attached hydrogens (tertiary/aromatic N) is 1. The third-order valence-corrected chi connectivity index (χ3v) is 2.63. The fraction of sp³-hybridized carbons (Fsp3) is 0.0625. The average Bonchev–Trinajstić information content (AvgIpc) is 2.56. The minimum absolute atomic E-state index is 0.254. The SMILES string of the molecule is [C-]#[N+]c1ccc(OC(=O)c2ccc(OC(=O)OC)cc2)cc1. The van der Waals surface area contributed by atoms with E-state index < -0.39 is 12.1 Å². The van der Waals surface area contributed by atoms with Crippen LogP contribution < -0.4 is 9.47 Å². The lowest BCUT2D eigenvalue weighted by Gasteiger charge is -2.06. The molecule has 0 aliphatic rings. The van der Waals surface area contributed by atoms with Gasteiger partial charge in [-0.25, -0.2) is 14.4 Å². The Kier molecular flexibility index (Phi) is 4.73. The van der Waals surface area contributed by atoms with Gasteiger partial charge in [0.15, 0.2) is 5.69 Å². The molecule has 0 fully saturated rings. The van der Waals surface area contributed by atoms with Gasteiger partial charge in [0.1, 0.15) is 11.5 Å². The molecule has 0 atom stereocenters. The van der Waals surface area contributed by atoms with Crippen molar-refractivity contribution in [2.24, 2.45) is 0 Å². The molecule has 0 saturated heterocycles. The van der Waals surface area contributed by atoms with E-state index in [1.807, 2.05) is 0 Å². The lowest BCUT2D eigenvalue weighted by atomic mass is 10.2. The Labute approximate surface area is 126 Å². The Morgan fingerprint density at radius 2 is 1.45 bits per heavy atom. The third kappa shape index (κ3) is 3.84. The van der Waals surface area contributed by atoms with E-state index in [-0.39, 0.29) is 5.75 Å². The van der Waals surface area contributed by atoms with Crippen LogP contribution in [0.5, 0.6) is 11.5 Å². The van der Waals surface area contributed by atoms with Crippen LogP contribution in [0, 0.1) is 6.57 Å². The van der Waals surface area contributed by atoms with Crippen LogP contribution in [0.4, 0.5) is 10.5 Å². The summed E-state index contributed by atoms with van der Waals surface area (Å²) < 4.78 is 14.3. The fourth-order valence-corrected chi connectivity index (χ4v) is 1.55. The molecule has 0 N–H and O–H groups in total. The molecular formula is C16H11NO5. The molecule has 0 aromatic heterocycles. The molecule has 0 saturated carbocycles. The quantitative estimate of drug-likeness (QED) is 0.375. The minimum Gasteiger partial charge on any atom is -0.437 e. The second-order valence-electron chi connectivity index (χ2n) is 4.08. The number of carbonyl (C=O) groups excluding carboxylic acids is 2. The van der Waals surface area contributed by atoms with Crippen molar-refractivity contribution < 1.29 is 23.8 Å². The van der Waals surface area contributed by atoms with Gasteiger partial charge in [0, 0.05) is 0 Å². The van der Waals surface area contributed by atoms with Crippen LogP contribution in [0.2, 0.25) is 0 Å². The van der Waals surface area contributed by atoms with Crippen molar-refractivity contribution in [2.45, 2.75) is 0 Å². The molecule has 0 radical (unpaired) electrons. The van der Waals surface area contributed by atoms with Crippen LogP contribution >= 0.6 is 0 Å². The number of benzene rings is 2. The van der Waals surface area contributed by atoms with Crippen LogP contribution in [-0.2, 0) is 4.74 Å². The minimum atomic E-state index is -0.838. The molecule has 22 heavy (non-hydrogen) atoms. The third-order valence-electron chi connectivity index (χ3n) is 2.63. The Balaban J connectivity index is 2.03. The highest BCUT2D eigenvalue weighted by Crippen LogP contribution is 2.19. The number of methoxy groups -OCH3 is 1. The van der Waals surface area contributed by atoms with Crippen LogP contribution in [0.25, 0.3) is 4.85 Å². The predicted molar refractivity (Wildman–Crippen MR) is 77.1 cm³/mol. The monoisotopic (exact) mass is 297 g/mol. The highest BCUT2D eigenvalue weighted by atomic mass is 16.7. The molecule has 0 amide bonds. The number of esters is 1. The van der Waals surface area contributed by atoms with Gasteiger partial charge in [-0.05, 0) is 36.4 Å². The van der Waals surface area contributed by atoms with Crippen molar-refractivity contribution in [3.05, 3.63) is 65.5 Å². The van der Waals surface area contributed by atoms with Crippen molar-refractivity contribution in [3.63, 3.8) is 0 Å². The first-order valence-electron chi connectivity index (χ1n) is 6.18. The molecule has 2 aromatic rings. The van der Waals surface area contributed by atoms with Gasteiger partial charge in [-0.3, -0.25) is 0 Å². The molecule has 0 aliphatic heterocycles. The van der Waals surface area contributed by atoms with E-state index in [2.05, 4.69) is 9.58 Å². The molecule has 110 valence electrons. The summed E-state index contributed by atoms with van der Waals surface area (Å²) in [4.78, 5) is 26.1. The number of rotatable bonds is 3. The number of carbonyl (C=O) groups is 2. The number of hydrogen-bond acceptors (Lipinski definition) is 5. The summed E-state index contributed by atoms with van der Waals surface area (Å²) in [5, 5.41) is 0. The zero-order valence-corrected chi connectivity index (χ0v) is 11.6. The molecule has 6 heteroatoms. The summed E-state index contributed by atoms with van der Waals surface area (Å²) in [6.07, 6.45) is -0.838. The summed E-state index contributed by atoms with van der Waals surface area (Å²) in [5.74, 6) is 0.0391. The van der Waals surface area contributed by atoms with Gasteiger partial charge in [0.2, 0.25) is 0 Å². The van der Waals surface area contributed by atoms with Gasteiger partial charge in [-0.2, -0.15) is 0 Å². The molecule has 0 bridgehead atoms. The van der Waals surface area contributed by atoms with Crippen LogP contribution in [-0.4, -0.2) is 19.2 Å². The maximum atomic E-state index is 11.9. The van der Waals surface area contributed by atoms with E-state index >= 15 is 0 Å². The van der Waals surface area contributed by atoms with Gasteiger partial charge in [-0.1, -0.05) is 12.1 Å². The molecular weight excluding hydrogens is 286 g/mol. The van der Waals surface area contributed by atoms with Gasteiger partial charge >= 0.3 is 12.1 Å². The first-order valence-corrected chi connectivity index (χ1v) is 6.18. The van der Waals surface area contributed by atoms with Crippen molar-refractivity contribution in [2.75, 3.05) is 7.11 Å². The number of hydrogen-bond donors (Lipinski definition) is 0. The zero-order valence-electron chi connectivity index (χ0n) is 11.6. The summed E-state index contributed by atoms with van der Waals surface area (Å²) in [6, 6.07) is 12.0. The van der Waals surface area contributed by atoms with Crippen molar-refractivity contribution in [1.29, 1.82) is 0 Å². The van der Waals surface area contributed by atoms with E-state index in [4.69, 9.17) is 16.0 Å². The van der Waals surface area contributed by atoms with E-state index in [0.29, 0.717) is 17.0 Å². The van der Waals surface area contributed by atoms with Gasteiger partial charge in [-0.15, -0.1) is 0 Å². The molecule has 0 aliphatic carbocycles. The van der Waals surface area contributed by atoms with Crippen LogP contribution in [0.1, 0.15) is 10.4 Å². The van der Waals surface area contributed by atoms with Gasteiger partial charge in [0.05, 0.1) is 19.2 Å². The van der Waals surface area contributed by atoms with Crippen molar-refractivity contribution in [3.8, 4) is 11.5 Å². The molecule has 0 heterocycles. The van der Waals surface area contributed by atoms with E-state index in [9.17, 15) is 9.59 Å². The summed E-state index contributed by atoms with van der Waals surface area (Å²) in [6.45, 7) is 6.85. The molecule has 0 unspecified atom stereocenters. The Morgan fingerprint density at radius 3 is 2.00 bits per heavy atom. The predicted octanol–water partition coefficient (Wildman–Crippen LogP) is 3.60. The largest absolute Gasteiger partial charge is 0.513 e. The first kappa shape index (κ1) is 15.1. The smallest absolute Gasteiger partial charge is 0.437 e. The summed E-state index contributed by atoms with van der Waals surface area (Å²) in [5.41, 5.74) is 0.760. The Morgan fingerprint density at radius 1 is 0.909 bits per heavy atom. The maximum Gasteiger partial charge on any atom is 0.513 e. The lowest BCUT2D eigenvalue weighted by Crippen LogP contribution is -2.09. The van der Waals surface area contributed by atoms with Gasteiger partial charge < -0.3 is 14.2 Å². The zero-order chi connectivity index (χ0) is 15.9. The number of ether oxygens (including phenoxy) is 3. The molecule has 6 nitrogen and oxygen atoms in total. The maximum absolute atomic E-state index is 11.9. The Bertz CT molecular complexity index is 714. The van der Waals surface area contributed by atoms with Crippen LogP contribution in [0.15, 0.2) is 48.5 Å². The second kappa shape index (κ2) is 6.90. The van der Waals surface area contributed by atoms with E-state index in [0.717, 1.165) is 0 Å². The second-order valence-corrected chi connectivity index (χ2v) is 4.08. The van der Waals surface area contributed by atoms with Gasteiger partial charge in [0.25, 0.3) is 0 Å². The Hall–Kier alpha value is -3.33. The first-order chi connectivity index (χ1) is 10.6. The average molecular weight is 297 g/mol. The topological polar surface area (TPSA) is 66.2 Å². The van der Waals surface area contributed by atoms with Crippen molar-refractivity contribution >= 4 is 17.8 Å². The summed E-state index contributed by atoms with van der Waals surface area (Å²) in [7, 11) is 1.20. The van der Waals surface area contributed by atoms with Crippen molar-refractivity contribution in [1.82, 2.24) is 0 Å². The molecule has 0 spiro atoms. The molecule has 2 rings (SSSR count). The van der Waals surface area contributed by atoms with E-state index in [1.165, 1.54) is 31.4 Å². The molecule has 2 aromatic carbocycles. The summed E-state index contributed by atoms with van der Waals surface area (Å²) >= 11 is 0. The fourth-order valence-electron chi connectivity index (χ4n) is 1.55. The lowest BCUT2D eigenvalue weighted by molar-refractivity contribution is 0.0735. The standard InChI is InChI=1S/C16H11NO5/c1-17-12-5-9-13(10-6-12)21-15(18)11-3-7-14(8-4-11)22-16(19)20-2/h3-10H,2H3.